The minimum Gasteiger partial charge on any atom is -0.451 e. The molecule has 3 rings (SSSR count). The fourth-order valence-electron chi connectivity index (χ4n) is 4.42. The van der Waals surface area contributed by atoms with E-state index in [1.807, 2.05) is 13.8 Å². The Morgan fingerprint density at radius 1 is 1.07 bits per heavy atom. The van der Waals surface area contributed by atoms with Crippen molar-refractivity contribution in [2.24, 2.45) is 11.1 Å². The maximum atomic E-state index is 14.6. The van der Waals surface area contributed by atoms with Crippen LogP contribution in [0.3, 0.4) is 0 Å². The van der Waals surface area contributed by atoms with Crippen molar-refractivity contribution in [2.75, 3.05) is 6.54 Å². The first-order valence-electron chi connectivity index (χ1n) is 13.0. The maximum Gasteiger partial charge on any atom is 0.289 e. The van der Waals surface area contributed by atoms with Crippen LogP contribution < -0.4 is 15.8 Å². The SMILES string of the molecule is CC(NCCCC[C@@H](N)C(=O)N(O)S(=O)(=O)c1cc(F)c(Oc2ccc(F)cc2)c(F)c1)=C1C(=O)CC(C)(C)CC1=O. The van der Waals surface area contributed by atoms with Crippen molar-refractivity contribution in [1.29, 1.82) is 0 Å². The predicted molar refractivity (Wildman–Crippen MR) is 144 cm³/mol. The molecule has 0 bridgehead atoms. The van der Waals surface area contributed by atoms with Crippen molar-refractivity contribution >= 4 is 27.5 Å². The quantitative estimate of drug-likeness (QED) is 0.112. The molecule has 228 valence electrons. The normalized spacial score (nSPS) is 15.8. The largest absolute Gasteiger partial charge is 0.451 e. The molecule has 0 aromatic heterocycles. The van der Waals surface area contributed by atoms with Crippen LogP contribution in [0.5, 0.6) is 11.5 Å². The summed E-state index contributed by atoms with van der Waals surface area (Å²) in [6, 6.07) is 3.41. The summed E-state index contributed by atoms with van der Waals surface area (Å²) < 4.78 is 71.9. The smallest absolute Gasteiger partial charge is 0.289 e. The maximum absolute atomic E-state index is 14.6. The number of allylic oxidation sites excluding steroid dienone is 2. The van der Waals surface area contributed by atoms with E-state index in [-0.39, 0.29) is 47.6 Å². The van der Waals surface area contributed by atoms with Crippen molar-refractivity contribution in [2.45, 2.75) is 63.8 Å². The zero-order valence-electron chi connectivity index (χ0n) is 23.2. The summed E-state index contributed by atoms with van der Waals surface area (Å²) in [5.41, 5.74) is 5.97. The van der Waals surface area contributed by atoms with Gasteiger partial charge in [-0.25, -0.2) is 13.2 Å². The van der Waals surface area contributed by atoms with E-state index in [2.05, 4.69) is 5.32 Å². The predicted octanol–water partition coefficient (Wildman–Crippen LogP) is 4.12. The molecule has 0 unspecified atom stereocenters. The Kier molecular flexibility index (Phi) is 10.2. The molecule has 0 aliphatic heterocycles. The van der Waals surface area contributed by atoms with Gasteiger partial charge < -0.3 is 15.8 Å². The Hall–Kier alpha value is -3.75. The van der Waals surface area contributed by atoms with Crippen LogP contribution in [0.1, 0.15) is 52.9 Å². The van der Waals surface area contributed by atoms with Crippen LogP contribution >= 0.6 is 0 Å². The highest BCUT2D eigenvalue weighted by molar-refractivity contribution is 7.89. The summed E-state index contributed by atoms with van der Waals surface area (Å²) in [7, 11) is -5.11. The van der Waals surface area contributed by atoms with Gasteiger partial charge in [-0.1, -0.05) is 13.8 Å². The molecule has 0 heterocycles. The zero-order valence-corrected chi connectivity index (χ0v) is 24.1. The molecule has 0 spiro atoms. The first kappa shape index (κ1) is 32.8. The summed E-state index contributed by atoms with van der Waals surface area (Å²) in [4.78, 5) is 36.2. The topological polar surface area (TPSA) is 156 Å². The molecule has 2 aromatic carbocycles. The van der Waals surface area contributed by atoms with E-state index in [9.17, 15) is 41.2 Å². The number of hydroxylamine groups is 1. The van der Waals surface area contributed by atoms with Gasteiger partial charge in [0.15, 0.2) is 29.0 Å². The summed E-state index contributed by atoms with van der Waals surface area (Å²) in [6.45, 7) is 5.66. The second-order valence-corrected chi connectivity index (χ2v) is 12.5. The lowest BCUT2D eigenvalue weighted by atomic mass is 9.73. The number of carbonyl (C=O) groups is 3. The molecule has 1 aliphatic rings. The highest BCUT2D eigenvalue weighted by atomic mass is 32.2. The van der Waals surface area contributed by atoms with E-state index in [4.69, 9.17) is 10.5 Å². The Bertz CT molecular complexity index is 1460. The van der Waals surface area contributed by atoms with Crippen molar-refractivity contribution < 1.29 is 45.9 Å². The zero-order chi connectivity index (χ0) is 31.4. The summed E-state index contributed by atoms with van der Waals surface area (Å²) in [6.07, 6.45) is 1.19. The fraction of sp³-hybridized carbons (Fsp3) is 0.393. The van der Waals surface area contributed by atoms with Crippen LogP contribution in [0, 0.1) is 22.9 Å². The van der Waals surface area contributed by atoms with E-state index in [1.54, 1.807) is 6.92 Å². The number of amides is 1. The molecule has 1 atom stereocenters. The van der Waals surface area contributed by atoms with Gasteiger partial charge in [0.1, 0.15) is 11.6 Å². The summed E-state index contributed by atoms with van der Waals surface area (Å²) >= 11 is 0. The number of unbranched alkanes of at least 4 members (excludes halogenated alkanes) is 1. The lowest BCUT2D eigenvalue weighted by molar-refractivity contribution is -0.147. The van der Waals surface area contributed by atoms with Gasteiger partial charge in [-0.3, -0.25) is 19.6 Å². The van der Waals surface area contributed by atoms with E-state index in [0.717, 1.165) is 24.3 Å². The standard InChI is InChI=1S/C28H32F3N3O7S/c1-16(25-23(35)14-28(2,3)15-24(25)36)33-11-5-4-6-22(32)27(37)34(38)42(39,40)19-12-20(30)26(21(31)13-19)41-18-9-7-17(29)8-10-18/h7-10,12-13,22,33,38H,4-6,11,14-15,32H2,1-3H3/t22-/m1/s1. The Labute approximate surface area is 241 Å². The van der Waals surface area contributed by atoms with Crippen LogP contribution in [-0.4, -0.2) is 48.2 Å². The molecule has 10 nitrogen and oxygen atoms in total. The molecule has 0 saturated heterocycles. The van der Waals surface area contributed by atoms with Crippen LogP contribution in [-0.2, 0) is 24.4 Å². The average molecular weight is 612 g/mol. The van der Waals surface area contributed by atoms with Crippen LogP contribution in [0.4, 0.5) is 13.2 Å². The number of carbonyl (C=O) groups excluding carboxylic acids is 3. The second kappa shape index (κ2) is 13.0. The van der Waals surface area contributed by atoms with Gasteiger partial charge in [-0.15, -0.1) is 4.47 Å². The molecule has 4 N–H and O–H groups in total. The lowest BCUT2D eigenvalue weighted by Crippen LogP contribution is -2.45. The number of ketones is 2. The minimum atomic E-state index is -5.11. The number of hydrogen-bond donors (Lipinski definition) is 3. The number of Topliss-reactive ketones (excluding diaryl/α,β-unsaturated/α-hetero) is 2. The van der Waals surface area contributed by atoms with Crippen molar-refractivity contribution in [3.63, 3.8) is 0 Å². The fourth-order valence-corrected chi connectivity index (χ4v) is 5.50. The van der Waals surface area contributed by atoms with E-state index in [1.165, 1.54) is 0 Å². The van der Waals surface area contributed by atoms with Gasteiger partial charge >= 0.3 is 0 Å². The van der Waals surface area contributed by atoms with Gasteiger partial charge in [0.25, 0.3) is 15.9 Å². The third kappa shape index (κ3) is 7.75. The Morgan fingerprint density at radius 2 is 1.62 bits per heavy atom. The number of nitrogens with one attached hydrogen (secondary N) is 1. The number of rotatable bonds is 11. The number of nitrogens with zero attached hydrogens (tertiary/aromatic N) is 1. The highest BCUT2D eigenvalue weighted by Gasteiger charge is 2.37. The van der Waals surface area contributed by atoms with Crippen LogP contribution in [0.2, 0.25) is 0 Å². The van der Waals surface area contributed by atoms with E-state index in [0.29, 0.717) is 37.2 Å². The van der Waals surface area contributed by atoms with Gasteiger partial charge in [0.05, 0.1) is 16.5 Å². The number of halogens is 3. The molecule has 42 heavy (non-hydrogen) atoms. The summed E-state index contributed by atoms with van der Waals surface area (Å²) in [5, 5.41) is 13.1. The van der Waals surface area contributed by atoms with Gasteiger partial charge in [0, 0.05) is 25.1 Å². The van der Waals surface area contributed by atoms with Gasteiger partial charge in [-0.2, -0.15) is 8.42 Å². The van der Waals surface area contributed by atoms with Crippen molar-refractivity contribution in [3.8, 4) is 11.5 Å². The molecule has 14 heteroatoms. The number of benzene rings is 2. The van der Waals surface area contributed by atoms with Crippen molar-refractivity contribution in [1.82, 2.24) is 9.79 Å². The van der Waals surface area contributed by atoms with E-state index >= 15 is 0 Å². The van der Waals surface area contributed by atoms with Crippen LogP contribution in [0.25, 0.3) is 0 Å². The minimum absolute atomic E-state index is 0.0536. The molecule has 1 aliphatic carbocycles. The monoisotopic (exact) mass is 611 g/mol. The molecule has 1 amide bonds. The van der Waals surface area contributed by atoms with Gasteiger partial charge in [0.2, 0.25) is 0 Å². The highest BCUT2D eigenvalue weighted by Crippen LogP contribution is 2.34. The summed E-state index contributed by atoms with van der Waals surface area (Å²) in [5.74, 6) is -6.52. The number of nitrogens with two attached hydrogens (primary N) is 1. The lowest BCUT2D eigenvalue weighted by Gasteiger charge is -2.29. The first-order valence-corrected chi connectivity index (χ1v) is 14.4. The number of ether oxygens (including phenoxy) is 1. The molecule has 0 radical (unpaired) electrons. The van der Waals surface area contributed by atoms with Crippen molar-refractivity contribution in [3.05, 3.63) is 65.1 Å². The third-order valence-corrected chi connectivity index (χ3v) is 8.05. The molecule has 1 fully saturated rings. The molecular formula is C28H32F3N3O7S. The third-order valence-electron chi connectivity index (χ3n) is 6.58. The molecule has 2 aromatic rings. The number of sulfonamides is 1. The average Bonchev–Trinajstić information content (AvgIpc) is 2.89. The Morgan fingerprint density at radius 3 is 2.17 bits per heavy atom. The van der Waals surface area contributed by atoms with E-state index < -0.39 is 54.5 Å². The number of hydrogen-bond acceptors (Lipinski definition) is 9. The second-order valence-electron chi connectivity index (χ2n) is 10.8. The Balaban J connectivity index is 1.56. The molecule has 1 saturated carbocycles. The van der Waals surface area contributed by atoms with Crippen LogP contribution in [0.15, 0.2) is 52.6 Å². The van der Waals surface area contributed by atoms with Gasteiger partial charge in [-0.05, 0) is 68.0 Å². The molecular weight excluding hydrogens is 579 g/mol. The first-order chi connectivity index (χ1) is 19.5.